The van der Waals surface area contributed by atoms with E-state index < -0.39 is 22.9 Å². The lowest BCUT2D eigenvalue weighted by molar-refractivity contribution is 0.0684. The monoisotopic (exact) mass is 309 g/mol. The summed E-state index contributed by atoms with van der Waals surface area (Å²) in [7, 11) is 0. The highest BCUT2D eigenvalue weighted by atomic mass is 35.5. The summed E-state index contributed by atoms with van der Waals surface area (Å²) >= 11 is 5.77. The lowest BCUT2D eigenvalue weighted by Gasteiger charge is -2.09. The standard InChI is InChI=1S/C13H12ClN3O4/c1-2-7-16-11(18)10(12(19)20)15-17(13(16)21)9-5-3-8(14)4-6-9/h3-6H,2,7H2,1H3,(H,19,20). The second kappa shape index (κ2) is 5.92. The first kappa shape index (κ1) is 15.0. The summed E-state index contributed by atoms with van der Waals surface area (Å²) < 4.78 is 1.75. The van der Waals surface area contributed by atoms with E-state index >= 15 is 0 Å². The molecule has 0 aliphatic heterocycles. The van der Waals surface area contributed by atoms with Gasteiger partial charge >= 0.3 is 11.7 Å². The second-order valence-corrected chi connectivity index (χ2v) is 4.72. The Labute approximate surface area is 124 Å². The van der Waals surface area contributed by atoms with Crippen LogP contribution in [0.3, 0.4) is 0 Å². The zero-order chi connectivity index (χ0) is 15.6. The van der Waals surface area contributed by atoms with Crippen LogP contribution in [0.2, 0.25) is 5.02 Å². The van der Waals surface area contributed by atoms with E-state index in [-0.39, 0.29) is 6.54 Å². The Morgan fingerprint density at radius 3 is 2.43 bits per heavy atom. The number of benzene rings is 1. The molecular formula is C13H12ClN3O4. The molecule has 1 aromatic heterocycles. The van der Waals surface area contributed by atoms with Gasteiger partial charge in [-0.2, -0.15) is 9.78 Å². The van der Waals surface area contributed by atoms with Crippen LogP contribution >= 0.6 is 11.6 Å². The molecular weight excluding hydrogens is 298 g/mol. The maximum Gasteiger partial charge on any atom is 0.362 e. The lowest BCUT2D eigenvalue weighted by Crippen LogP contribution is -2.44. The average molecular weight is 310 g/mol. The van der Waals surface area contributed by atoms with E-state index in [1.54, 1.807) is 19.1 Å². The Kier molecular flexibility index (Phi) is 4.23. The van der Waals surface area contributed by atoms with E-state index in [4.69, 9.17) is 16.7 Å². The third kappa shape index (κ3) is 2.87. The number of carbonyl (C=O) groups is 1. The molecule has 1 heterocycles. The summed E-state index contributed by atoms with van der Waals surface area (Å²) in [5, 5.41) is 13.2. The Morgan fingerprint density at radius 1 is 1.29 bits per heavy atom. The summed E-state index contributed by atoms with van der Waals surface area (Å²) in [6.45, 7) is 1.90. The molecule has 8 heteroatoms. The number of rotatable bonds is 4. The largest absolute Gasteiger partial charge is 0.476 e. The van der Waals surface area contributed by atoms with Crippen LogP contribution in [0.5, 0.6) is 0 Å². The highest BCUT2D eigenvalue weighted by Crippen LogP contribution is 2.11. The minimum atomic E-state index is -1.48. The van der Waals surface area contributed by atoms with Crippen LogP contribution in [-0.2, 0) is 6.54 Å². The van der Waals surface area contributed by atoms with Gasteiger partial charge in [0.25, 0.3) is 5.56 Å². The number of halogens is 1. The van der Waals surface area contributed by atoms with Gasteiger partial charge in [0.05, 0.1) is 5.69 Å². The number of aromatic carboxylic acids is 1. The lowest BCUT2D eigenvalue weighted by atomic mass is 10.3. The highest BCUT2D eigenvalue weighted by Gasteiger charge is 2.18. The number of hydrogen-bond acceptors (Lipinski definition) is 4. The number of hydrogen-bond donors (Lipinski definition) is 1. The van der Waals surface area contributed by atoms with E-state index in [2.05, 4.69) is 5.10 Å². The molecule has 1 N–H and O–H groups in total. The van der Waals surface area contributed by atoms with Crippen LogP contribution in [0.15, 0.2) is 33.9 Å². The normalized spacial score (nSPS) is 10.6. The van der Waals surface area contributed by atoms with Crippen LogP contribution < -0.4 is 11.2 Å². The molecule has 0 bridgehead atoms. The number of nitrogens with zero attached hydrogens (tertiary/aromatic N) is 3. The molecule has 2 rings (SSSR count). The average Bonchev–Trinajstić information content (AvgIpc) is 2.44. The summed E-state index contributed by atoms with van der Waals surface area (Å²) in [6, 6.07) is 6.12. The van der Waals surface area contributed by atoms with Gasteiger partial charge in [0.2, 0.25) is 5.69 Å². The van der Waals surface area contributed by atoms with Crippen molar-refractivity contribution in [3.8, 4) is 5.69 Å². The Hall–Kier alpha value is -2.41. The molecule has 21 heavy (non-hydrogen) atoms. The maximum atomic E-state index is 12.3. The molecule has 0 saturated carbocycles. The van der Waals surface area contributed by atoms with Crippen molar-refractivity contribution in [3.05, 3.63) is 55.8 Å². The molecule has 1 aromatic carbocycles. The molecule has 0 spiro atoms. The third-order valence-corrected chi connectivity index (χ3v) is 3.03. The summed E-state index contributed by atoms with van der Waals surface area (Å²) in [5.74, 6) is -1.48. The zero-order valence-corrected chi connectivity index (χ0v) is 11.9. The Morgan fingerprint density at radius 2 is 1.90 bits per heavy atom. The molecule has 110 valence electrons. The first-order valence-electron chi connectivity index (χ1n) is 6.19. The van der Waals surface area contributed by atoms with Crippen LogP contribution in [0.4, 0.5) is 0 Å². The first-order chi connectivity index (χ1) is 9.95. The van der Waals surface area contributed by atoms with Gasteiger partial charge in [0, 0.05) is 11.6 Å². The summed E-state index contributed by atoms with van der Waals surface area (Å²) in [6.07, 6.45) is 0.513. The van der Waals surface area contributed by atoms with Gasteiger partial charge in [-0.25, -0.2) is 9.59 Å². The highest BCUT2D eigenvalue weighted by molar-refractivity contribution is 6.30. The third-order valence-electron chi connectivity index (χ3n) is 2.78. The molecule has 2 aromatic rings. The van der Waals surface area contributed by atoms with Gasteiger partial charge < -0.3 is 5.11 Å². The molecule has 0 unspecified atom stereocenters. The van der Waals surface area contributed by atoms with Crippen molar-refractivity contribution in [2.24, 2.45) is 0 Å². The van der Waals surface area contributed by atoms with E-state index in [1.807, 2.05) is 0 Å². The maximum absolute atomic E-state index is 12.3. The van der Waals surface area contributed by atoms with Crippen molar-refractivity contribution in [2.45, 2.75) is 19.9 Å². The minimum Gasteiger partial charge on any atom is -0.476 e. The number of carboxylic acid groups (broad SMARTS) is 1. The molecule has 0 saturated heterocycles. The quantitative estimate of drug-likeness (QED) is 0.914. The smallest absolute Gasteiger partial charge is 0.362 e. The van der Waals surface area contributed by atoms with Crippen molar-refractivity contribution in [1.29, 1.82) is 0 Å². The molecule has 0 amide bonds. The summed E-state index contributed by atoms with van der Waals surface area (Å²) in [5.41, 5.74) is -1.96. The van der Waals surface area contributed by atoms with Crippen molar-refractivity contribution in [2.75, 3.05) is 0 Å². The van der Waals surface area contributed by atoms with E-state index in [0.717, 1.165) is 9.25 Å². The zero-order valence-electron chi connectivity index (χ0n) is 11.1. The van der Waals surface area contributed by atoms with Gasteiger partial charge in [0.1, 0.15) is 0 Å². The predicted octanol–water partition coefficient (Wildman–Crippen LogP) is 1.16. The van der Waals surface area contributed by atoms with Crippen LogP contribution in [0.25, 0.3) is 5.69 Å². The topological polar surface area (TPSA) is 94.2 Å². The van der Waals surface area contributed by atoms with Crippen molar-refractivity contribution < 1.29 is 9.90 Å². The van der Waals surface area contributed by atoms with Crippen LogP contribution in [0.1, 0.15) is 23.8 Å². The van der Waals surface area contributed by atoms with E-state index in [9.17, 15) is 14.4 Å². The first-order valence-corrected chi connectivity index (χ1v) is 6.57. The Bertz CT molecular complexity index is 793. The number of aromatic nitrogens is 3. The second-order valence-electron chi connectivity index (χ2n) is 4.28. The van der Waals surface area contributed by atoms with E-state index in [0.29, 0.717) is 17.1 Å². The van der Waals surface area contributed by atoms with Crippen LogP contribution in [-0.4, -0.2) is 25.4 Å². The van der Waals surface area contributed by atoms with Gasteiger partial charge in [-0.05, 0) is 30.7 Å². The molecule has 0 atom stereocenters. The molecule has 0 fully saturated rings. The fraction of sp³-hybridized carbons (Fsp3) is 0.231. The van der Waals surface area contributed by atoms with Gasteiger partial charge in [-0.3, -0.25) is 9.36 Å². The predicted molar refractivity (Wildman–Crippen MR) is 76.4 cm³/mol. The van der Waals surface area contributed by atoms with Crippen molar-refractivity contribution in [1.82, 2.24) is 14.3 Å². The molecule has 0 aliphatic carbocycles. The van der Waals surface area contributed by atoms with Crippen LogP contribution in [0, 0.1) is 0 Å². The summed E-state index contributed by atoms with van der Waals surface area (Å²) in [4.78, 5) is 35.3. The number of carboxylic acids is 1. The fourth-order valence-electron chi connectivity index (χ4n) is 1.82. The van der Waals surface area contributed by atoms with Crippen molar-refractivity contribution >= 4 is 17.6 Å². The fourth-order valence-corrected chi connectivity index (χ4v) is 1.95. The van der Waals surface area contributed by atoms with Crippen molar-refractivity contribution in [3.63, 3.8) is 0 Å². The molecule has 0 aliphatic rings. The van der Waals surface area contributed by atoms with Gasteiger partial charge in [-0.15, -0.1) is 0 Å². The SMILES string of the molecule is CCCn1c(=O)c(C(=O)O)nn(-c2ccc(Cl)cc2)c1=O. The van der Waals surface area contributed by atoms with Gasteiger partial charge in [-0.1, -0.05) is 18.5 Å². The Balaban J connectivity index is 2.77. The van der Waals surface area contributed by atoms with Gasteiger partial charge in [0.15, 0.2) is 0 Å². The molecule has 7 nitrogen and oxygen atoms in total. The van der Waals surface area contributed by atoms with E-state index in [1.165, 1.54) is 12.1 Å². The minimum absolute atomic E-state index is 0.119. The molecule has 0 radical (unpaired) electrons.